The molecule has 0 aliphatic rings. The van der Waals surface area contributed by atoms with Gasteiger partial charge in [-0.2, -0.15) is 0 Å². The molecule has 0 aliphatic carbocycles. The molecule has 0 saturated heterocycles. The average molecular weight is 298 g/mol. The van der Waals surface area contributed by atoms with Crippen LogP contribution in [0, 0.1) is 0 Å². The van der Waals surface area contributed by atoms with Crippen molar-refractivity contribution in [1.29, 1.82) is 0 Å². The number of hydrogen-bond donors (Lipinski definition) is 1. The van der Waals surface area contributed by atoms with Gasteiger partial charge in [-0.05, 0) is 30.7 Å². The molecule has 21 heavy (non-hydrogen) atoms. The Morgan fingerprint density at radius 3 is 2.52 bits per heavy atom. The van der Waals surface area contributed by atoms with Crippen LogP contribution in [0.2, 0.25) is 5.02 Å². The first-order chi connectivity index (χ1) is 10.3. The van der Waals surface area contributed by atoms with E-state index in [9.17, 15) is 0 Å². The van der Waals surface area contributed by atoms with E-state index in [0.717, 1.165) is 22.2 Å². The highest BCUT2D eigenvalue weighted by molar-refractivity contribution is 6.31. The van der Waals surface area contributed by atoms with Crippen LogP contribution in [0.5, 0.6) is 0 Å². The molecule has 0 bridgehead atoms. The topological polar surface area (TPSA) is 29.9 Å². The molecule has 0 fully saturated rings. The largest absolute Gasteiger partial charge is 0.349 e. The zero-order valence-electron chi connectivity index (χ0n) is 11.7. The van der Waals surface area contributed by atoms with Gasteiger partial charge in [-0.15, -0.1) is 0 Å². The third-order valence-electron chi connectivity index (χ3n) is 3.39. The van der Waals surface area contributed by atoms with Gasteiger partial charge >= 0.3 is 0 Å². The van der Waals surface area contributed by atoms with E-state index in [1.54, 1.807) is 6.20 Å². The van der Waals surface area contributed by atoms with Gasteiger partial charge in [0.25, 0.3) is 0 Å². The quantitative estimate of drug-likeness (QED) is 0.756. The van der Waals surface area contributed by atoms with E-state index < -0.39 is 0 Å². The molecule has 1 atom stereocenters. The smallest absolute Gasteiger partial charge is 0.207 e. The van der Waals surface area contributed by atoms with Crippen LogP contribution < -0.4 is 5.32 Å². The van der Waals surface area contributed by atoms with Crippen molar-refractivity contribution < 1.29 is 0 Å². The second kappa shape index (κ2) is 6.02. The highest BCUT2D eigenvalue weighted by Crippen LogP contribution is 2.26. The van der Waals surface area contributed by atoms with E-state index in [4.69, 9.17) is 11.6 Å². The molecule has 3 rings (SSSR count). The van der Waals surface area contributed by atoms with Crippen molar-refractivity contribution in [3.8, 4) is 5.69 Å². The first kappa shape index (κ1) is 13.7. The number of imidazole rings is 1. The van der Waals surface area contributed by atoms with Gasteiger partial charge < -0.3 is 5.32 Å². The molecule has 0 amide bonds. The van der Waals surface area contributed by atoms with Crippen molar-refractivity contribution in [2.24, 2.45) is 0 Å². The summed E-state index contributed by atoms with van der Waals surface area (Å²) in [7, 11) is 0. The van der Waals surface area contributed by atoms with Crippen molar-refractivity contribution in [2.75, 3.05) is 5.32 Å². The van der Waals surface area contributed by atoms with E-state index in [2.05, 4.69) is 17.2 Å². The van der Waals surface area contributed by atoms with Gasteiger partial charge in [-0.3, -0.25) is 4.57 Å². The summed E-state index contributed by atoms with van der Waals surface area (Å²) in [6.07, 6.45) is 3.73. The van der Waals surface area contributed by atoms with Gasteiger partial charge in [0.15, 0.2) is 0 Å². The molecule has 106 valence electrons. The maximum absolute atomic E-state index is 6.25. The molecule has 2 aromatic carbocycles. The van der Waals surface area contributed by atoms with Crippen LogP contribution in [0.25, 0.3) is 5.69 Å². The lowest BCUT2D eigenvalue weighted by molar-refractivity contribution is 0.851. The summed E-state index contributed by atoms with van der Waals surface area (Å²) in [5.74, 6) is 0.800. The summed E-state index contributed by atoms with van der Waals surface area (Å²) in [4.78, 5) is 4.40. The Labute approximate surface area is 129 Å². The number of benzene rings is 2. The van der Waals surface area contributed by atoms with Gasteiger partial charge in [-0.1, -0.05) is 48.0 Å². The van der Waals surface area contributed by atoms with E-state index in [-0.39, 0.29) is 6.04 Å². The number of rotatable bonds is 4. The number of aromatic nitrogens is 2. The molecule has 3 aromatic rings. The zero-order chi connectivity index (χ0) is 14.7. The molecule has 1 unspecified atom stereocenters. The number of nitrogens with one attached hydrogen (secondary N) is 1. The lowest BCUT2D eigenvalue weighted by Gasteiger charge is -2.17. The third-order valence-corrected chi connectivity index (χ3v) is 3.74. The summed E-state index contributed by atoms with van der Waals surface area (Å²) in [5.41, 5.74) is 2.13. The first-order valence-electron chi connectivity index (χ1n) is 6.85. The molecular weight excluding hydrogens is 282 g/mol. The number of para-hydroxylation sites is 1. The van der Waals surface area contributed by atoms with Crippen LogP contribution in [0.4, 0.5) is 5.95 Å². The highest BCUT2D eigenvalue weighted by Gasteiger charge is 2.12. The predicted octanol–water partition coefficient (Wildman–Crippen LogP) is 4.70. The van der Waals surface area contributed by atoms with Crippen molar-refractivity contribution in [3.05, 3.63) is 77.6 Å². The minimum absolute atomic E-state index is 0.0727. The number of hydrogen-bond acceptors (Lipinski definition) is 2. The molecule has 0 aliphatic heterocycles. The summed E-state index contributed by atoms with van der Waals surface area (Å²) in [5, 5.41) is 4.17. The Bertz CT molecular complexity index is 722. The molecule has 1 N–H and O–H groups in total. The standard InChI is InChI=1S/C17H16ClN3/c1-13(15-9-5-6-10-16(15)18)20-17-19-11-12-21(17)14-7-3-2-4-8-14/h2-13H,1H3,(H,19,20). The lowest BCUT2D eigenvalue weighted by Crippen LogP contribution is -2.11. The Morgan fingerprint density at radius 2 is 1.76 bits per heavy atom. The molecular formula is C17H16ClN3. The van der Waals surface area contributed by atoms with Crippen LogP contribution in [0.15, 0.2) is 67.0 Å². The van der Waals surface area contributed by atoms with Gasteiger partial charge in [0.2, 0.25) is 5.95 Å². The van der Waals surface area contributed by atoms with Crippen molar-refractivity contribution in [2.45, 2.75) is 13.0 Å². The Kier molecular flexibility index (Phi) is 3.93. The Morgan fingerprint density at radius 1 is 1.05 bits per heavy atom. The maximum atomic E-state index is 6.25. The summed E-state index contributed by atoms with van der Waals surface area (Å²) < 4.78 is 2.02. The van der Waals surface area contributed by atoms with E-state index in [1.807, 2.05) is 65.4 Å². The monoisotopic (exact) mass is 297 g/mol. The van der Waals surface area contributed by atoms with E-state index in [0.29, 0.717) is 0 Å². The molecule has 1 aromatic heterocycles. The van der Waals surface area contributed by atoms with Crippen LogP contribution in [-0.4, -0.2) is 9.55 Å². The van der Waals surface area contributed by atoms with E-state index in [1.165, 1.54) is 0 Å². The van der Waals surface area contributed by atoms with Gasteiger partial charge in [0.05, 0.1) is 6.04 Å². The second-order valence-corrected chi connectivity index (χ2v) is 5.25. The van der Waals surface area contributed by atoms with Crippen molar-refractivity contribution in [3.63, 3.8) is 0 Å². The number of halogens is 1. The Hall–Kier alpha value is -2.26. The molecule has 3 nitrogen and oxygen atoms in total. The second-order valence-electron chi connectivity index (χ2n) is 4.84. The molecule has 1 heterocycles. The molecule has 0 spiro atoms. The fourth-order valence-electron chi connectivity index (χ4n) is 2.30. The summed E-state index contributed by atoms with van der Waals surface area (Å²) in [6.45, 7) is 2.07. The fourth-order valence-corrected chi connectivity index (χ4v) is 2.60. The minimum atomic E-state index is 0.0727. The number of anilines is 1. The summed E-state index contributed by atoms with van der Waals surface area (Å²) >= 11 is 6.25. The lowest BCUT2D eigenvalue weighted by atomic mass is 10.1. The summed E-state index contributed by atoms with van der Waals surface area (Å²) in [6, 6.07) is 18.0. The predicted molar refractivity (Wildman–Crippen MR) is 87.1 cm³/mol. The van der Waals surface area contributed by atoms with Crippen molar-refractivity contribution >= 4 is 17.5 Å². The van der Waals surface area contributed by atoms with Crippen LogP contribution in [0.1, 0.15) is 18.5 Å². The minimum Gasteiger partial charge on any atom is -0.349 e. The maximum Gasteiger partial charge on any atom is 0.207 e. The van der Waals surface area contributed by atoms with E-state index >= 15 is 0 Å². The zero-order valence-corrected chi connectivity index (χ0v) is 12.5. The van der Waals surface area contributed by atoms with Crippen molar-refractivity contribution in [1.82, 2.24) is 9.55 Å². The highest BCUT2D eigenvalue weighted by atomic mass is 35.5. The van der Waals surface area contributed by atoms with Gasteiger partial charge in [-0.25, -0.2) is 4.98 Å². The third kappa shape index (κ3) is 2.93. The average Bonchev–Trinajstić information content (AvgIpc) is 2.96. The molecule has 4 heteroatoms. The van der Waals surface area contributed by atoms with Gasteiger partial charge in [0.1, 0.15) is 0 Å². The normalized spacial score (nSPS) is 12.1. The molecule has 0 radical (unpaired) electrons. The molecule has 0 saturated carbocycles. The van der Waals surface area contributed by atoms with Crippen LogP contribution >= 0.6 is 11.6 Å². The van der Waals surface area contributed by atoms with Crippen LogP contribution in [-0.2, 0) is 0 Å². The SMILES string of the molecule is CC(Nc1nccn1-c1ccccc1)c1ccccc1Cl. The van der Waals surface area contributed by atoms with Crippen LogP contribution in [0.3, 0.4) is 0 Å². The Balaban J connectivity index is 1.87. The first-order valence-corrected chi connectivity index (χ1v) is 7.23. The fraction of sp³-hybridized carbons (Fsp3) is 0.118. The number of nitrogens with zero attached hydrogens (tertiary/aromatic N) is 2. The van der Waals surface area contributed by atoms with Gasteiger partial charge in [0, 0.05) is 23.1 Å².